The van der Waals surface area contributed by atoms with E-state index in [0.29, 0.717) is 0 Å². The minimum Gasteiger partial charge on any atom is -0.382 e. The van der Waals surface area contributed by atoms with E-state index in [1.165, 1.54) is 0 Å². The van der Waals surface area contributed by atoms with E-state index in [1.807, 2.05) is 13.8 Å². The van der Waals surface area contributed by atoms with Crippen LogP contribution in [0.25, 0.3) is 0 Å². The van der Waals surface area contributed by atoms with Gasteiger partial charge in [-0.05, 0) is 20.8 Å². The SMILES string of the molecule is CCOCC.CCO[N+](=O)[O-]. The summed E-state index contributed by atoms with van der Waals surface area (Å²) >= 11 is 0. The third-order valence-corrected chi connectivity index (χ3v) is 0.643. The first-order chi connectivity index (χ1) is 5.18. The normalized spacial score (nSPS) is 7.91. The van der Waals surface area contributed by atoms with Gasteiger partial charge in [0.25, 0.3) is 5.09 Å². The highest BCUT2D eigenvalue weighted by Gasteiger charge is 1.83. The van der Waals surface area contributed by atoms with Crippen LogP contribution in [0.2, 0.25) is 0 Å². The molecule has 5 heteroatoms. The number of nitrogens with zero attached hydrogens (tertiary/aromatic N) is 1. The highest BCUT2D eigenvalue weighted by Crippen LogP contribution is 1.67. The molecule has 0 saturated heterocycles. The highest BCUT2D eigenvalue weighted by molar-refractivity contribution is 4.07. The minimum absolute atomic E-state index is 0.132. The van der Waals surface area contributed by atoms with E-state index >= 15 is 0 Å². The van der Waals surface area contributed by atoms with Crippen molar-refractivity contribution in [2.45, 2.75) is 20.8 Å². The molecular formula is C6H15NO4. The van der Waals surface area contributed by atoms with Crippen LogP contribution in [0.4, 0.5) is 0 Å². The Morgan fingerprint density at radius 3 is 1.64 bits per heavy atom. The number of hydrogen-bond acceptors (Lipinski definition) is 4. The van der Waals surface area contributed by atoms with Crippen molar-refractivity contribution in [2.75, 3.05) is 19.8 Å². The molecule has 0 aliphatic heterocycles. The van der Waals surface area contributed by atoms with E-state index in [9.17, 15) is 10.1 Å². The molecule has 0 saturated carbocycles. The van der Waals surface area contributed by atoms with Crippen LogP contribution in [0, 0.1) is 10.1 Å². The summed E-state index contributed by atoms with van der Waals surface area (Å²) in [7, 11) is 0. The molecule has 0 amide bonds. The maximum absolute atomic E-state index is 9.18. The molecular weight excluding hydrogens is 150 g/mol. The predicted molar refractivity (Wildman–Crippen MR) is 40.8 cm³/mol. The molecule has 0 radical (unpaired) electrons. The van der Waals surface area contributed by atoms with Crippen molar-refractivity contribution in [3.8, 4) is 0 Å². The van der Waals surface area contributed by atoms with Crippen LogP contribution >= 0.6 is 0 Å². The Bertz CT molecular complexity index is 84.7. The summed E-state index contributed by atoms with van der Waals surface area (Å²) in [6.07, 6.45) is 0. The van der Waals surface area contributed by atoms with Gasteiger partial charge in [-0.25, -0.2) is 0 Å². The summed E-state index contributed by atoms with van der Waals surface area (Å²) in [4.78, 5) is 12.9. The van der Waals surface area contributed by atoms with Crippen LogP contribution < -0.4 is 0 Å². The molecule has 0 aliphatic rings. The van der Waals surface area contributed by atoms with Crippen molar-refractivity contribution in [3.63, 3.8) is 0 Å². The zero-order valence-corrected chi connectivity index (χ0v) is 7.20. The summed E-state index contributed by atoms with van der Waals surface area (Å²) in [5.74, 6) is 0. The van der Waals surface area contributed by atoms with Gasteiger partial charge in [-0.15, -0.1) is 10.1 Å². The quantitative estimate of drug-likeness (QED) is 0.464. The van der Waals surface area contributed by atoms with Gasteiger partial charge in [0.2, 0.25) is 0 Å². The Morgan fingerprint density at radius 1 is 1.18 bits per heavy atom. The van der Waals surface area contributed by atoms with Crippen molar-refractivity contribution in [3.05, 3.63) is 10.1 Å². The lowest BCUT2D eigenvalue weighted by atomic mass is 10.8. The summed E-state index contributed by atoms with van der Waals surface area (Å²) in [5.41, 5.74) is 0. The Kier molecular flexibility index (Phi) is 13.8. The highest BCUT2D eigenvalue weighted by atomic mass is 16.9. The first-order valence-electron chi connectivity index (χ1n) is 3.54. The zero-order chi connectivity index (χ0) is 9.11. The topological polar surface area (TPSA) is 61.6 Å². The van der Waals surface area contributed by atoms with Crippen molar-refractivity contribution in [1.82, 2.24) is 0 Å². The lowest BCUT2D eigenvalue weighted by Crippen LogP contribution is -1.97. The molecule has 68 valence electrons. The molecule has 0 aliphatic carbocycles. The van der Waals surface area contributed by atoms with Gasteiger partial charge in [0.15, 0.2) is 0 Å². The Morgan fingerprint density at radius 2 is 1.64 bits per heavy atom. The van der Waals surface area contributed by atoms with Crippen LogP contribution in [0.3, 0.4) is 0 Å². The average molecular weight is 165 g/mol. The zero-order valence-electron chi connectivity index (χ0n) is 7.20. The van der Waals surface area contributed by atoms with Gasteiger partial charge in [-0.2, -0.15) is 0 Å². The predicted octanol–water partition coefficient (Wildman–Crippen LogP) is 1.26. The smallest absolute Gasteiger partial charge is 0.294 e. The van der Waals surface area contributed by atoms with Crippen LogP contribution in [-0.4, -0.2) is 24.9 Å². The second-order valence-corrected chi connectivity index (χ2v) is 1.42. The fraction of sp³-hybridized carbons (Fsp3) is 1.00. The van der Waals surface area contributed by atoms with E-state index in [-0.39, 0.29) is 6.61 Å². The van der Waals surface area contributed by atoms with Crippen LogP contribution in [0.5, 0.6) is 0 Å². The van der Waals surface area contributed by atoms with Crippen molar-refractivity contribution >= 4 is 0 Å². The van der Waals surface area contributed by atoms with Crippen LogP contribution in [0.1, 0.15) is 20.8 Å². The summed E-state index contributed by atoms with van der Waals surface area (Å²) in [6.45, 7) is 7.36. The van der Waals surface area contributed by atoms with E-state index in [0.717, 1.165) is 13.2 Å². The molecule has 0 heterocycles. The fourth-order valence-corrected chi connectivity index (χ4v) is 0.310. The standard InChI is InChI=1S/C4H10O.C2H5NO3/c1-3-5-4-2;1-2-6-3(4)5/h3-4H2,1-2H3;2H2,1H3. The Balaban J connectivity index is 0. The molecule has 11 heavy (non-hydrogen) atoms. The third kappa shape index (κ3) is 27.1. The Labute approximate surface area is 66.4 Å². The molecule has 5 nitrogen and oxygen atoms in total. The molecule has 0 unspecified atom stereocenters. The maximum atomic E-state index is 9.18. The van der Waals surface area contributed by atoms with Crippen LogP contribution in [0.15, 0.2) is 0 Å². The molecule has 0 fully saturated rings. The first kappa shape index (κ1) is 12.8. The van der Waals surface area contributed by atoms with E-state index in [1.54, 1.807) is 6.92 Å². The molecule has 0 atom stereocenters. The lowest BCUT2D eigenvalue weighted by molar-refractivity contribution is -0.756. The van der Waals surface area contributed by atoms with E-state index < -0.39 is 5.09 Å². The van der Waals surface area contributed by atoms with Gasteiger partial charge in [-0.3, -0.25) is 0 Å². The van der Waals surface area contributed by atoms with Gasteiger partial charge in [-0.1, -0.05) is 0 Å². The van der Waals surface area contributed by atoms with Crippen molar-refractivity contribution in [1.29, 1.82) is 0 Å². The first-order valence-corrected chi connectivity index (χ1v) is 3.54. The van der Waals surface area contributed by atoms with Gasteiger partial charge in [0.1, 0.15) is 0 Å². The van der Waals surface area contributed by atoms with Gasteiger partial charge in [0, 0.05) is 13.2 Å². The molecule has 0 spiro atoms. The molecule has 0 N–H and O–H groups in total. The molecule has 0 aromatic heterocycles. The third-order valence-electron chi connectivity index (χ3n) is 0.643. The fourth-order valence-electron chi connectivity index (χ4n) is 0.310. The number of hydrogen-bond donors (Lipinski definition) is 0. The molecule has 0 rings (SSSR count). The number of rotatable bonds is 4. The lowest BCUT2D eigenvalue weighted by Gasteiger charge is -1.86. The van der Waals surface area contributed by atoms with Crippen molar-refractivity contribution in [2.24, 2.45) is 0 Å². The molecule has 0 bridgehead atoms. The maximum Gasteiger partial charge on any atom is 0.294 e. The van der Waals surface area contributed by atoms with Crippen LogP contribution in [-0.2, 0) is 9.57 Å². The molecule has 0 aromatic rings. The largest absolute Gasteiger partial charge is 0.382 e. The van der Waals surface area contributed by atoms with E-state index in [2.05, 4.69) is 4.84 Å². The van der Waals surface area contributed by atoms with Gasteiger partial charge >= 0.3 is 0 Å². The molecule has 0 aromatic carbocycles. The Hall–Kier alpha value is -0.840. The van der Waals surface area contributed by atoms with E-state index in [4.69, 9.17) is 4.74 Å². The second kappa shape index (κ2) is 11.9. The number of ether oxygens (including phenoxy) is 1. The van der Waals surface area contributed by atoms with Gasteiger partial charge in [0.05, 0.1) is 6.61 Å². The monoisotopic (exact) mass is 165 g/mol. The summed E-state index contributed by atoms with van der Waals surface area (Å²) in [5, 5.41) is 8.36. The van der Waals surface area contributed by atoms with Gasteiger partial charge < -0.3 is 9.57 Å². The second-order valence-electron chi connectivity index (χ2n) is 1.42. The van der Waals surface area contributed by atoms with Crippen molar-refractivity contribution < 1.29 is 14.7 Å². The summed E-state index contributed by atoms with van der Waals surface area (Å²) < 4.78 is 4.83. The summed E-state index contributed by atoms with van der Waals surface area (Å²) in [6, 6.07) is 0. The average Bonchev–Trinajstić information content (AvgIpc) is 1.90. The minimum atomic E-state index is -0.819.